The van der Waals surface area contributed by atoms with E-state index in [-0.39, 0.29) is 22.9 Å². The Morgan fingerprint density at radius 3 is 2.35 bits per heavy atom. The Labute approximate surface area is 190 Å². The van der Waals surface area contributed by atoms with Crippen molar-refractivity contribution >= 4 is 0 Å². The molecular weight excluding hydrogens is 384 g/mol. The minimum absolute atomic E-state index is 0.0501. The molecule has 31 heavy (non-hydrogen) atoms. The summed E-state index contributed by atoms with van der Waals surface area (Å²) in [5.74, 6) is 2.72. The Bertz CT molecular complexity index is 741. The number of fused-ring (bicyclic) bond motifs is 5. The van der Waals surface area contributed by atoms with E-state index >= 15 is 0 Å². The highest BCUT2D eigenvalue weighted by molar-refractivity contribution is 5.37. The first-order valence-electron chi connectivity index (χ1n) is 12.9. The molecule has 3 N–H and O–H groups in total. The van der Waals surface area contributed by atoms with Crippen molar-refractivity contribution < 1.29 is 15.3 Å². The zero-order chi connectivity index (χ0) is 22.8. The lowest BCUT2D eigenvalue weighted by Crippen LogP contribution is -2.64. The van der Waals surface area contributed by atoms with Crippen molar-refractivity contribution in [2.45, 2.75) is 104 Å². The third-order valence-electron chi connectivity index (χ3n) is 10.7. The third kappa shape index (κ3) is 3.49. The van der Waals surface area contributed by atoms with Crippen LogP contribution < -0.4 is 0 Å². The van der Waals surface area contributed by atoms with E-state index in [1.54, 1.807) is 0 Å². The van der Waals surface area contributed by atoms with Gasteiger partial charge in [-0.1, -0.05) is 59.8 Å². The maximum absolute atomic E-state index is 12.2. The van der Waals surface area contributed by atoms with Crippen molar-refractivity contribution in [1.29, 1.82) is 0 Å². The molecule has 0 spiro atoms. The predicted molar refractivity (Wildman–Crippen MR) is 126 cm³/mol. The first kappa shape index (κ1) is 23.5. The van der Waals surface area contributed by atoms with Gasteiger partial charge in [-0.25, -0.2) is 0 Å². The zero-order valence-corrected chi connectivity index (χ0v) is 20.6. The van der Waals surface area contributed by atoms with Gasteiger partial charge in [-0.05, 0) is 91.4 Å². The second-order valence-electron chi connectivity index (χ2n) is 12.5. The van der Waals surface area contributed by atoms with E-state index < -0.39 is 11.7 Å². The molecule has 0 aliphatic heterocycles. The van der Waals surface area contributed by atoms with Crippen LogP contribution in [-0.4, -0.2) is 33.1 Å². The molecular formula is C28H46O3. The summed E-state index contributed by atoms with van der Waals surface area (Å²) in [5.41, 5.74) is 0.146. The van der Waals surface area contributed by atoms with Gasteiger partial charge in [-0.3, -0.25) is 0 Å². The van der Waals surface area contributed by atoms with E-state index in [9.17, 15) is 15.3 Å². The van der Waals surface area contributed by atoms with E-state index in [4.69, 9.17) is 0 Å². The van der Waals surface area contributed by atoms with Gasteiger partial charge >= 0.3 is 0 Å². The van der Waals surface area contributed by atoms with Crippen molar-refractivity contribution in [2.75, 3.05) is 0 Å². The molecule has 0 aromatic carbocycles. The lowest BCUT2D eigenvalue weighted by molar-refractivity contribution is -0.175. The van der Waals surface area contributed by atoms with Gasteiger partial charge in [0, 0.05) is 5.41 Å². The fourth-order valence-electron chi connectivity index (χ4n) is 8.11. The Balaban J connectivity index is 1.63. The van der Waals surface area contributed by atoms with Crippen LogP contribution in [0, 0.1) is 46.3 Å². The van der Waals surface area contributed by atoms with Crippen LogP contribution in [0.3, 0.4) is 0 Å². The molecule has 1 unspecified atom stereocenters. The van der Waals surface area contributed by atoms with Crippen LogP contribution in [0.15, 0.2) is 23.8 Å². The molecule has 4 rings (SSSR count). The summed E-state index contributed by atoms with van der Waals surface area (Å²) in [7, 11) is 0. The lowest BCUT2D eigenvalue weighted by Gasteiger charge is -2.62. The van der Waals surface area contributed by atoms with Crippen molar-refractivity contribution in [3.8, 4) is 0 Å². The Kier molecular flexibility index (Phi) is 6.06. The number of aliphatic hydroxyl groups is 3. The Morgan fingerprint density at radius 2 is 1.68 bits per heavy atom. The van der Waals surface area contributed by atoms with E-state index in [1.165, 1.54) is 6.42 Å². The van der Waals surface area contributed by atoms with Gasteiger partial charge in [-0.15, -0.1) is 0 Å². The molecule has 0 saturated heterocycles. The highest BCUT2D eigenvalue weighted by Gasteiger charge is 2.65. The van der Waals surface area contributed by atoms with Gasteiger partial charge in [0.15, 0.2) is 0 Å². The molecule has 176 valence electrons. The van der Waals surface area contributed by atoms with Crippen molar-refractivity contribution in [3.63, 3.8) is 0 Å². The quantitative estimate of drug-likeness (QED) is 0.516. The fraction of sp³-hybridized carbons (Fsp3) is 0.857. The summed E-state index contributed by atoms with van der Waals surface area (Å²) in [5, 5.41) is 33.6. The summed E-state index contributed by atoms with van der Waals surface area (Å²) >= 11 is 0. The molecule has 0 bridgehead atoms. The highest BCUT2D eigenvalue weighted by Crippen LogP contribution is 2.68. The monoisotopic (exact) mass is 430 g/mol. The van der Waals surface area contributed by atoms with Gasteiger partial charge in [-0.2, -0.15) is 0 Å². The van der Waals surface area contributed by atoms with Crippen LogP contribution in [0.25, 0.3) is 0 Å². The number of hydrogen-bond donors (Lipinski definition) is 3. The predicted octanol–water partition coefficient (Wildman–Crippen LogP) is 5.50. The largest absolute Gasteiger partial charge is 0.393 e. The van der Waals surface area contributed by atoms with Gasteiger partial charge < -0.3 is 15.3 Å². The molecule has 4 aliphatic carbocycles. The summed E-state index contributed by atoms with van der Waals surface area (Å²) < 4.78 is 0. The van der Waals surface area contributed by atoms with Crippen LogP contribution in [0.4, 0.5) is 0 Å². The highest BCUT2D eigenvalue weighted by atomic mass is 16.3. The second kappa shape index (κ2) is 7.99. The topological polar surface area (TPSA) is 60.7 Å². The molecule has 0 aromatic heterocycles. The van der Waals surface area contributed by atoms with Gasteiger partial charge in [0.1, 0.15) is 0 Å². The first-order valence-corrected chi connectivity index (χ1v) is 12.9. The van der Waals surface area contributed by atoms with Crippen LogP contribution >= 0.6 is 0 Å². The van der Waals surface area contributed by atoms with E-state index in [0.717, 1.165) is 37.7 Å². The summed E-state index contributed by atoms with van der Waals surface area (Å²) in [6, 6.07) is 0. The minimum atomic E-state index is -0.832. The van der Waals surface area contributed by atoms with Crippen molar-refractivity contribution in [3.05, 3.63) is 23.8 Å². The molecule has 0 aromatic rings. The first-order chi connectivity index (χ1) is 14.4. The van der Waals surface area contributed by atoms with E-state index in [0.29, 0.717) is 36.0 Å². The molecule has 0 heterocycles. The maximum Gasteiger partial charge on any atom is 0.0917 e. The summed E-state index contributed by atoms with van der Waals surface area (Å²) in [4.78, 5) is 0. The summed E-state index contributed by atoms with van der Waals surface area (Å²) in [6.07, 6.45) is 12.3. The molecule has 3 heteroatoms. The molecule has 10 atom stereocenters. The van der Waals surface area contributed by atoms with Crippen LogP contribution in [0.2, 0.25) is 0 Å². The average molecular weight is 431 g/mol. The molecule has 0 radical (unpaired) electrons. The van der Waals surface area contributed by atoms with E-state index in [1.807, 2.05) is 6.08 Å². The number of hydrogen-bond acceptors (Lipinski definition) is 3. The fourth-order valence-corrected chi connectivity index (χ4v) is 8.11. The number of rotatable bonds is 4. The van der Waals surface area contributed by atoms with Gasteiger partial charge in [0.25, 0.3) is 0 Å². The van der Waals surface area contributed by atoms with Crippen LogP contribution in [0.1, 0.15) is 86.5 Å². The second-order valence-corrected chi connectivity index (χ2v) is 12.5. The van der Waals surface area contributed by atoms with E-state index in [2.05, 4.69) is 53.7 Å². The zero-order valence-electron chi connectivity index (χ0n) is 20.6. The normalized spacial score (nSPS) is 49.4. The molecule has 3 fully saturated rings. The van der Waals surface area contributed by atoms with Gasteiger partial charge in [0.2, 0.25) is 0 Å². The summed E-state index contributed by atoms with van der Waals surface area (Å²) in [6.45, 7) is 13.9. The average Bonchev–Trinajstić information content (AvgIpc) is 3.06. The molecule has 4 aliphatic rings. The standard InChI is InChI=1S/C28H46O3/c1-17(2)18(3)7-8-19(4)21-9-10-22-23-16-25(30)24-15-20(29)11-12-27(24,6)28(23,31)14-13-26(21,22)5/h7-8,16-22,24-25,29-31H,9-15H2,1-6H3/b8-7+/t18-,19+,20-,21+,22-,24?,25+,26+,27-,28+/m0/s1. The maximum atomic E-state index is 12.2. The van der Waals surface area contributed by atoms with Crippen LogP contribution in [0.5, 0.6) is 0 Å². The Hall–Kier alpha value is -0.640. The number of allylic oxidation sites excluding steroid dienone is 2. The van der Waals surface area contributed by atoms with Crippen molar-refractivity contribution in [1.82, 2.24) is 0 Å². The lowest BCUT2D eigenvalue weighted by atomic mass is 9.45. The molecule has 0 amide bonds. The third-order valence-corrected chi connectivity index (χ3v) is 10.7. The number of aliphatic hydroxyl groups excluding tert-OH is 2. The Morgan fingerprint density at radius 1 is 0.968 bits per heavy atom. The SMILES string of the molecule is CC(C)[C@@H](C)/C=C/[C@@H](C)[C@H]1CC[C@H]2C3=C[C@@H](O)C4C[C@@H](O)CC[C@]4(C)[C@@]3(O)CC[C@]12C. The van der Waals surface area contributed by atoms with Gasteiger partial charge in [0.05, 0.1) is 17.8 Å². The molecule has 3 nitrogen and oxygen atoms in total. The van der Waals surface area contributed by atoms with Crippen molar-refractivity contribution in [2.24, 2.45) is 46.3 Å². The van der Waals surface area contributed by atoms with Crippen LogP contribution in [-0.2, 0) is 0 Å². The molecule has 3 saturated carbocycles. The smallest absolute Gasteiger partial charge is 0.0917 e. The minimum Gasteiger partial charge on any atom is -0.393 e.